The minimum absolute atomic E-state index is 0.0309. The van der Waals surface area contributed by atoms with Gasteiger partial charge in [-0.05, 0) is 31.9 Å². The van der Waals surface area contributed by atoms with Gasteiger partial charge in [0.1, 0.15) is 11.9 Å². The molecular formula is C16H21FN2O4. The number of carbonyl (C=O) groups is 3. The molecule has 23 heavy (non-hydrogen) atoms. The summed E-state index contributed by atoms with van der Waals surface area (Å²) in [5.41, 5.74) is 0.214. The minimum atomic E-state index is -1.06. The number of hydrogen-bond acceptors (Lipinski definition) is 3. The summed E-state index contributed by atoms with van der Waals surface area (Å²) in [6.45, 7) is 3.51. The molecule has 0 unspecified atom stereocenters. The second kappa shape index (κ2) is 8.87. The van der Waals surface area contributed by atoms with E-state index in [0.29, 0.717) is 0 Å². The third kappa shape index (κ3) is 6.90. The molecule has 1 atom stereocenters. The van der Waals surface area contributed by atoms with Crippen LogP contribution in [0.4, 0.5) is 4.39 Å². The first kappa shape index (κ1) is 18.6. The zero-order valence-corrected chi connectivity index (χ0v) is 13.1. The van der Waals surface area contributed by atoms with Crippen molar-refractivity contribution in [2.24, 2.45) is 0 Å². The van der Waals surface area contributed by atoms with Gasteiger partial charge in [0.25, 0.3) is 0 Å². The van der Waals surface area contributed by atoms with Gasteiger partial charge in [-0.1, -0.05) is 18.2 Å². The number of carbonyl (C=O) groups excluding carboxylic acids is 2. The Bertz CT molecular complexity index is 575. The summed E-state index contributed by atoms with van der Waals surface area (Å²) >= 11 is 0. The third-order valence-corrected chi connectivity index (χ3v) is 3.04. The van der Waals surface area contributed by atoms with Gasteiger partial charge in [-0.25, -0.2) is 4.39 Å². The van der Waals surface area contributed by atoms with Crippen molar-refractivity contribution in [2.45, 2.75) is 45.2 Å². The van der Waals surface area contributed by atoms with E-state index in [9.17, 15) is 18.8 Å². The minimum Gasteiger partial charge on any atom is -0.481 e. The van der Waals surface area contributed by atoms with Crippen LogP contribution in [0.5, 0.6) is 0 Å². The van der Waals surface area contributed by atoms with Crippen molar-refractivity contribution in [2.75, 3.05) is 0 Å². The Hall–Kier alpha value is -2.44. The van der Waals surface area contributed by atoms with Crippen molar-refractivity contribution in [3.8, 4) is 0 Å². The van der Waals surface area contributed by atoms with Gasteiger partial charge < -0.3 is 15.7 Å². The molecule has 7 heteroatoms. The van der Waals surface area contributed by atoms with E-state index in [4.69, 9.17) is 5.11 Å². The SMILES string of the molecule is CC(C)NC(=O)[C@H](CCC(=O)O)NC(=O)Cc1ccccc1F. The quantitative estimate of drug-likeness (QED) is 0.670. The number of rotatable bonds is 8. The average Bonchev–Trinajstić information content (AvgIpc) is 2.44. The number of nitrogens with one attached hydrogen (secondary N) is 2. The lowest BCUT2D eigenvalue weighted by atomic mass is 10.1. The van der Waals surface area contributed by atoms with Gasteiger partial charge in [-0.2, -0.15) is 0 Å². The molecule has 1 aromatic rings. The Kier molecular flexibility index (Phi) is 7.18. The molecule has 1 aromatic carbocycles. The summed E-state index contributed by atoms with van der Waals surface area (Å²) < 4.78 is 13.5. The lowest BCUT2D eigenvalue weighted by molar-refractivity contribution is -0.138. The Balaban J connectivity index is 2.70. The van der Waals surface area contributed by atoms with E-state index in [1.54, 1.807) is 19.9 Å². The number of aliphatic carboxylic acids is 1. The van der Waals surface area contributed by atoms with Crippen LogP contribution in [-0.2, 0) is 20.8 Å². The van der Waals surface area contributed by atoms with Crippen molar-refractivity contribution in [1.82, 2.24) is 10.6 Å². The predicted molar refractivity (Wildman–Crippen MR) is 82.2 cm³/mol. The molecule has 0 aliphatic rings. The Morgan fingerprint density at radius 3 is 2.39 bits per heavy atom. The van der Waals surface area contributed by atoms with Gasteiger partial charge in [-0.3, -0.25) is 14.4 Å². The van der Waals surface area contributed by atoms with Crippen LogP contribution >= 0.6 is 0 Å². The maximum Gasteiger partial charge on any atom is 0.303 e. The maximum absolute atomic E-state index is 13.5. The number of hydrogen-bond donors (Lipinski definition) is 3. The molecule has 0 aliphatic carbocycles. The number of benzene rings is 1. The van der Waals surface area contributed by atoms with Crippen LogP contribution in [-0.4, -0.2) is 35.0 Å². The van der Waals surface area contributed by atoms with Gasteiger partial charge in [0, 0.05) is 12.5 Å². The standard InChI is InChI=1S/C16H21FN2O4/c1-10(2)18-16(23)13(7-8-15(21)22)19-14(20)9-11-5-3-4-6-12(11)17/h3-6,10,13H,7-9H2,1-2H3,(H,18,23)(H,19,20)(H,21,22)/t13-/m0/s1. The molecule has 0 heterocycles. The van der Waals surface area contributed by atoms with Crippen LogP contribution in [0.15, 0.2) is 24.3 Å². The fourth-order valence-corrected chi connectivity index (χ4v) is 1.98. The summed E-state index contributed by atoms with van der Waals surface area (Å²) in [6.07, 6.45) is -0.502. The molecule has 0 radical (unpaired) electrons. The molecule has 3 N–H and O–H groups in total. The molecule has 0 bridgehead atoms. The van der Waals surface area contributed by atoms with Gasteiger partial charge in [0.2, 0.25) is 11.8 Å². The second-order valence-corrected chi connectivity index (χ2v) is 5.48. The fraction of sp³-hybridized carbons (Fsp3) is 0.438. The first-order chi connectivity index (χ1) is 10.8. The molecule has 0 fully saturated rings. The predicted octanol–water partition coefficient (Wildman–Crippen LogP) is 1.24. The van der Waals surface area contributed by atoms with Crippen molar-refractivity contribution >= 4 is 17.8 Å². The molecule has 6 nitrogen and oxygen atoms in total. The highest BCUT2D eigenvalue weighted by Crippen LogP contribution is 2.07. The smallest absolute Gasteiger partial charge is 0.303 e. The molecule has 0 saturated carbocycles. The Labute approximate surface area is 134 Å². The van der Waals surface area contributed by atoms with E-state index in [0.717, 1.165) is 0 Å². The maximum atomic E-state index is 13.5. The zero-order chi connectivity index (χ0) is 17.4. The fourth-order valence-electron chi connectivity index (χ4n) is 1.98. The molecule has 0 saturated heterocycles. The van der Waals surface area contributed by atoms with E-state index < -0.39 is 29.6 Å². The largest absolute Gasteiger partial charge is 0.481 e. The topological polar surface area (TPSA) is 95.5 Å². The van der Waals surface area contributed by atoms with E-state index in [1.165, 1.54) is 18.2 Å². The normalized spacial score (nSPS) is 11.8. The Morgan fingerprint density at radius 1 is 1.17 bits per heavy atom. The van der Waals surface area contributed by atoms with E-state index in [-0.39, 0.29) is 30.9 Å². The van der Waals surface area contributed by atoms with Gasteiger partial charge in [0.05, 0.1) is 6.42 Å². The zero-order valence-electron chi connectivity index (χ0n) is 13.1. The van der Waals surface area contributed by atoms with Crippen LogP contribution in [0, 0.1) is 5.82 Å². The van der Waals surface area contributed by atoms with Crippen LogP contribution in [0.25, 0.3) is 0 Å². The Morgan fingerprint density at radius 2 is 1.83 bits per heavy atom. The molecule has 2 amide bonds. The highest BCUT2D eigenvalue weighted by molar-refractivity contribution is 5.88. The van der Waals surface area contributed by atoms with Crippen LogP contribution in [0.2, 0.25) is 0 Å². The number of carboxylic acid groups (broad SMARTS) is 1. The molecule has 0 aromatic heterocycles. The summed E-state index contributed by atoms with van der Waals surface area (Å²) in [6, 6.07) is 4.75. The van der Waals surface area contributed by atoms with Crippen LogP contribution in [0.3, 0.4) is 0 Å². The van der Waals surface area contributed by atoms with Crippen LogP contribution in [0.1, 0.15) is 32.3 Å². The third-order valence-electron chi connectivity index (χ3n) is 3.04. The van der Waals surface area contributed by atoms with Crippen molar-refractivity contribution < 1.29 is 23.9 Å². The molecule has 1 rings (SSSR count). The summed E-state index contributed by atoms with van der Waals surface area (Å²) in [5, 5.41) is 13.8. The number of halogens is 1. The first-order valence-corrected chi connectivity index (χ1v) is 7.34. The summed E-state index contributed by atoms with van der Waals surface area (Å²) in [4.78, 5) is 34.7. The highest BCUT2D eigenvalue weighted by atomic mass is 19.1. The molecule has 0 aliphatic heterocycles. The summed E-state index contributed by atoms with van der Waals surface area (Å²) in [7, 11) is 0. The number of carboxylic acids is 1. The van der Waals surface area contributed by atoms with E-state index >= 15 is 0 Å². The van der Waals surface area contributed by atoms with Crippen molar-refractivity contribution in [1.29, 1.82) is 0 Å². The average molecular weight is 324 g/mol. The van der Waals surface area contributed by atoms with E-state index in [2.05, 4.69) is 10.6 Å². The summed E-state index contributed by atoms with van der Waals surface area (Å²) in [5.74, 6) is -2.56. The molecular weight excluding hydrogens is 303 g/mol. The van der Waals surface area contributed by atoms with Gasteiger partial charge in [0.15, 0.2) is 0 Å². The molecule has 0 spiro atoms. The molecule has 126 valence electrons. The first-order valence-electron chi connectivity index (χ1n) is 7.34. The van der Waals surface area contributed by atoms with Crippen molar-refractivity contribution in [3.05, 3.63) is 35.6 Å². The van der Waals surface area contributed by atoms with Gasteiger partial charge in [-0.15, -0.1) is 0 Å². The van der Waals surface area contributed by atoms with Crippen molar-refractivity contribution in [3.63, 3.8) is 0 Å². The van der Waals surface area contributed by atoms with E-state index in [1.807, 2.05) is 0 Å². The highest BCUT2D eigenvalue weighted by Gasteiger charge is 2.22. The van der Waals surface area contributed by atoms with Crippen LogP contribution < -0.4 is 10.6 Å². The lowest BCUT2D eigenvalue weighted by Crippen LogP contribution is -2.49. The van der Waals surface area contributed by atoms with Gasteiger partial charge >= 0.3 is 5.97 Å². The number of amides is 2. The lowest BCUT2D eigenvalue weighted by Gasteiger charge is -2.19. The second-order valence-electron chi connectivity index (χ2n) is 5.48. The monoisotopic (exact) mass is 324 g/mol.